The highest BCUT2D eigenvalue weighted by atomic mass is 19.1. The Hall–Kier alpha value is -4.25. The zero-order chi connectivity index (χ0) is 24.9. The van der Waals surface area contributed by atoms with E-state index in [4.69, 9.17) is 14.9 Å². The maximum atomic E-state index is 14.0. The molecule has 0 saturated heterocycles. The number of Topliss-reactive ketones (excluding diaryl/α,β-unsaturated/α-hetero) is 1. The lowest BCUT2D eigenvalue weighted by atomic mass is 10.0. The molecule has 0 radical (unpaired) electrons. The standard InChI is InChI=1S/C24H21F2N5O4/c1-34-12-10-31-13-14(5-8-19(31)33)20-22(24-28-9-11-35-24)30-23(27)21(29-20)18(32)7-6-15-16(25)3-2-4-17(15)26/h2-5,8-9,11,13H,6-7,10,12H2,1H3,(H2,27,30). The lowest BCUT2D eigenvalue weighted by Gasteiger charge is -2.12. The van der Waals surface area contributed by atoms with E-state index in [0.717, 1.165) is 12.1 Å². The highest BCUT2D eigenvalue weighted by Gasteiger charge is 2.23. The van der Waals surface area contributed by atoms with E-state index < -0.39 is 17.4 Å². The molecule has 4 aromatic rings. The van der Waals surface area contributed by atoms with Gasteiger partial charge in [0.05, 0.1) is 12.8 Å². The fourth-order valence-electron chi connectivity index (χ4n) is 3.51. The molecule has 0 fully saturated rings. The smallest absolute Gasteiger partial charge is 0.250 e. The van der Waals surface area contributed by atoms with Crippen molar-refractivity contribution in [1.29, 1.82) is 0 Å². The number of anilines is 1. The number of hydrogen-bond acceptors (Lipinski definition) is 8. The van der Waals surface area contributed by atoms with Gasteiger partial charge in [-0.3, -0.25) is 9.59 Å². The summed E-state index contributed by atoms with van der Waals surface area (Å²) < 4.78 is 39.8. The van der Waals surface area contributed by atoms with Gasteiger partial charge < -0.3 is 19.5 Å². The van der Waals surface area contributed by atoms with Crippen LogP contribution in [0.2, 0.25) is 0 Å². The second kappa shape index (κ2) is 10.3. The number of carbonyl (C=O) groups excluding carboxylic acids is 1. The number of oxazole rings is 1. The summed E-state index contributed by atoms with van der Waals surface area (Å²) >= 11 is 0. The molecule has 1 aromatic carbocycles. The molecule has 9 nitrogen and oxygen atoms in total. The molecule has 0 aliphatic rings. The van der Waals surface area contributed by atoms with Crippen molar-refractivity contribution < 1.29 is 22.7 Å². The molecule has 0 atom stereocenters. The van der Waals surface area contributed by atoms with Crippen molar-refractivity contribution in [3.63, 3.8) is 0 Å². The number of ether oxygens (including phenoxy) is 1. The predicted octanol–water partition coefficient (Wildman–Crippen LogP) is 3.28. The maximum absolute atomic E-state index is 14.0. The van der Waals surface area contributed by atoms with Gasteiger partial charge in [0.2, 0.25) is 5.89 Å². The van der Waals surface area contributed by atoms with Gasteiger partial charge in [0.15, 0.2) is 17.3 Å². The van der Waals surface area contributed by atoms with Crippen LogP contribution in [0.15, 0.2) is 58.2 Å². The lowest BCUT2D eigenvalue weighted by Crippen LogP contribution is -2.21. The molecule has 0 unspecified atom stereocenters. The zero-order valence-corrected chi connectivity index (χ0v) is 18.7. The van der Waals surface area contributed by atoms with Crippen LogP contribution in [-0.4, -0.2) is 39.0 Å². The maximum Gasteiger partial charge on any atom is 0.250 e. The normalized spacial score (nSPS) is 11.1. The largest absolute Gasteiger partial charge is 0.443 e. The predicted molar refractivity (Wildman–Crippen MR) is 123 cm³/mol. The fourth-order valence-corrected chi connectivity index (χ4v) is 3.51. The number of hydrogen-bond donors (Lipinski definition) is 1. The van der Waals surface area contributed by atoms with Crippen LogP contribution in [0.3, 0.4) is 0 Å². The summed E-state index contributed by atoms with van der Waals surface area (Å²) in [6.07, 6.45) is 3.88. The van der Waals surface area contributed by atoms with Crippen molar-refractivity contribution in [2.75, 3.05) is 19.5 Å². The summed E-state index contributed by atoms with van der Waals surface area (Å²) in [7, 11) is 1.52. The minimum Gasteiger partial charge on any atom is -0.443 e. The van der Waals surface area contributed by atoms with Gasteiger partial charge in [0.25, 0.3) is 5.56 Å². The van der Waals surface area contributed by atoms with Crippen LogP contribution >= 0.6 is 0 Å². The lowest BCUT2D eigenvalue weighted by molar-refractivity contribution is 0.0978. The summed E-state index contributed by atoms with van der Waals surface area (Å²) in [5, 5.41) is 0. The number of nitrogens with two attached hydrogens (primary N) is 1. The molecule has 180 valence electrons. The monoisotopic (exact) mass is 481 g/mol. The van der Waals surface area contributed by atoms with E-state index in [0.29, 0.717) is 18.7 Å². The van der Waals surface area contributed by atoms with Crippen LogP contribution < -0.4 is 11.3 Å². The number of carbonyl (C=O) groups is 1. The third kappa shape index (κ3) is 5.14. The molecule has 35 heavy (non-hydrogen) atoms. The van der Waals surface area contributed by atoms with Crippen molar-refractivity contribution in [1.82, 2.24) is 19.5 Å². The summed E-state index contributed by atoms with van der Waals surface area (Å²) in [5.74, 6) is -2.11. The number of benzene rings is 1. The third-order valence-electron chi connectivity index (χ3n) is 5.28. The van der Waals surface area contributed by atoms with E-state index in [1.165, 1.54) is 42.3 Å². The number of rotatable bonds is 9. The molecule has 3 heterocycles. The molecule has 0 bridgehead atoms. The van der Waals surface area contributed by atoms with Gasteiger partial charge in [-0.25, -0.2) is 23.7 Å². The topological polar surface area (TPSA) is 126 Å². The Morgan fingerprint density at radius 2 is 1.91 bits per heavy atom. The Kier molecular flexibility index (Phi) is 7.06. The summed E-state index contributed by atoms with van der Waals surface area (Å²) in [6, 6.07) is 6.38. The van der Waals surface area contributed by atoms with Gasteiger partial charge in [0, 0.05) is 43.5 Å². The number of ketones is 1. The fraction of sp³-hybridized carbons (Fsp3) is 0.208. The van der Waals surface area contributed by atoms with Crippen LogP contribution in [-0.2, 0) is 17.7 Å². The average Bonchev–Trinajstić information content (AvgIpc) is 3.38. The van der Waals surface area contributed by atoms with E-state index in [-0.39, 0.29) is 52.8 Å². The SMILES string of the molecule is COCCn1cc(-c2nc(C(=O)CCc3c(F)cccc3F)c(N)nc2-c2ncco2)ccc1=O. The molecule has 0 spiro atoms. The number of methoxy groups -OCH3 is 1. The summed E-state index contributed by atoms with van der Waals surface area (Å²) in [5.41, 5.74) is 6.24. The van der Waals surface area contributed by atoms with Crippen LogP contribution in [0, 0.1) is 11.6 Å². The molecule has 0 saturated carbocycles. The van der Waals surface area contributed by atoms with Crippen LogP contribution in [0.5, 0.6) is 0 Å². The summed E-state index contributed by atoms with van der Waals surface area (Å²) in [6.45, 7) is 0.597. The Balaban J connectivity index is 1.75. The zero-order valence-electron chi connectivity index (χ0n) is 18.7. The van der Waals surface area contributed by atoms with Gasteiger partial charge in [-0.05, 0) is 24.6 Å². The Morgan fingerprint density at radius 3 is 2.60 bits per heavy atom. The Labute approximate surface area is 198 Å². The average molecular weight is 481 g/mol. The highest BCUT2D eigenvalue weighted by Crippen LogP contribution is 2.30. The minimum atomic E-state index is -0.741. The third-order valence-corrected chi connectivity index (χ3v) is 5.28. The summed E-state index contributed by atoms with van der Waals surface area (Å²) in [4.78, 5) is 38.0. The molecule has 0 aliphatic carbocycles. The molecule has 2 N–H and O–H groups in total. The quantitative estimate of drug-likeness (QED) is 0.361. The molecule has 3 aromatic heterocycles. The first-order chi connectivity index (χ1) is 16.9. The first-order valence-electron chi connectivity index (χ1n) is 10.6. The first-order valence-corrected chi connectivity index (χ1v) is 10.6. The second-order valence-corrected chi connectivity index (χ2v) is 7.56. The van der Waals surface area contributed by atoms with Gasteiger partial charge in [-0.2, -0.15) is 0 Å². The van der Waals surface area contributed by atoms with E-state index >= 15 is 0 Å². The number of aromatic nitrogens is 4. The van der Waals surface area contributed by atoms with Crippen molar-refractivity contribution in [3.05, 3.63) is 82.2 Å². The van der Waals surface area contributed by atoms with Crippen molar-refractivity contribution >= 4 is 11.6 Å². The van der Waals surface area contributed by atoms with Gasteiger partial charge in [-0.15, -0.1) is 0 Å². The van der Waals surface area contributed by atoms with Crippen molar-refractivity contribution in [2.45, 2.75) is 19.4 Å². The molecule has 0 amide bonds. The first kappa shape index (κ1) is 23.9. The van der Waals surface area contributed by atoms with Gasteiger partial charge in [-0.1, -0.05) is 6.07 Å². The molecular formula is C24H21F2N5O4. The van der Waals surface area contributed by atoms with Crippen LogP contribution in [0.1, 0.15) is 22.5 Å². The minimum absolute atomic E-state index is 0.112. The molecule has 0 aliphatic heterocycles. The van der Waals surface area contributed by atoms with Gasteiger partial charge >= 0.3 is 0 Å². The van der Waals surface area contributed by atoms with E-state index in [1.54, 1.807) is 6.20 Å². The highest BCUT2D eigenvalue weighted by molar-refractivity contribution is 5.99. The molecule has 4 rings (SSSR count). The number of pyridine rings is 1. The number of nitrogen functional groups attached to an aromatic ring is 1. The second-order valence-electron chi connectivity index (χ2n) is 7.56. The molecular weight excluding hydrogens is 460 g/mol. The molecule has 11 heteroatoms. The van der Waals surface area contributed by atoms with Crippen molar-refractivity contribution in [2.24, 2.45) is 0 Å². The Morgan fingerprint density at radius 1 is 1.14 bits per heavy atom. The van der Waals surface area contributed by atoms with E-state index in [9.17, 15) is 18.4 Å². The van der Waals surface area contributed by atoms with E-state index in [2.05, 4.69) is 15.0 Å². The van der Waals surface area contributed by atoms with Crippen LogP contribution in [0.4, 0.5) is 14.6 Å². The number of nitrogens with zero attached hydrogens (tertiary/aromatic N) is 4. The van der Waals surface area contributed by atoms with Gasteiger partial charge in [0.1, 0.15) is 29.3 Å². The van der Waals surface area contributed by atoms with E-state index in [1.807, 2.05) is 0 Å². The number of halogens is 2. The van der Waals surface area contributed by atoms with Crippen LogP contribution in [0.25, 0.3) is 22.8 Å². The Bertz CT molecular complexity index is 1400. The van der Waals surface area contributed by atoms with Crippen molar-refractivity contribution in [3.8, 4) is 22.8 Å².